The average molecular weight is 391 g/mol. The van der Waals surface area contributed by atoms with Gasteiger partial charge >= 0.3 is 5.97 Å². The van der Waals surface area contributed by atoms with Crippen LogP contribution in [0.4, 0.5) is 5.82 Å². The van der Waals surface area contributed by atoms with Gasteiger partial charge in [-0.3, -0.25) is 4.79 Å². The molecule has 0 bridgehead atoms. The van der Waals surface area contributed by atoms with E-state index in [2.05, 4.69) is 20.9 Å². The number of esters is 1. The van der Waals surface area contributed by atoms with Crippen molar-refractivity contribution in [3.8, 4) is 23.8 Å². The van der Waals surface area contributed by atoms with Crippen LogP contribution < -0.4 is 15.2 Å². The fourth-order valence-electron chi connectivity index (χ4n) is 3.72. The molecule has 2 aromatic heterocycles. The van der Waals surface area contributed by atoms with Gasteiger partial charge in [0.05, 0.1) is 19.4 Å². The van der Waals surface area contributed by atoms with Gasteiger partial charge < -0.3 is 19.8 Å². The molecule has 29 heavy (non-hydrogen) atoms. The minimum atomic E-state index is -0.214. The third-order valence-corrected chi connectivity index (χ3v) is 5.26. The molecule has 8 nitrogen and oxygen atoms in total. The second-order valence-corrected chi connectivity index (χ2v) is 7.01. The molecule has 0 aliphatic heterocycles. The summed E-state index contributed by atoms with van der Waals surface area (Å²) in [6, 6.07) is 7.21. The van der Waals surface area contributed by atoms with Crippen molar-refractivity contribution in [3.05, 3.63) is 36.4 Å². The monoisotopic (exact) mass is 391 g/mol. The lowest BCUT2D eigenvalue weighted by Gasteiger charge is -2.28. The largest absolute Gasteiger partial charge is 0.497 e. The summed E-state index contributed by atoms with van der Waals surface area (Å²) < 4.78 is 12.7. The van der Waals surface area contributed by atoms with Crippen LogP contribution in [0, 0.1) is 18.3 Å². The lowest BCUT2D eigenvalue weighted by atomic mass is 9.86. The predicted octanol–water partition coefficient (Wildman–Crippen LogP) is 2.74. The molecule has 1 aliphatic rings. The number of terminal acetylenes is 1. The molecule has 0 saturated heterocycles. The zero-order chi connectivity index (χ0) is 20.4. The first-order valence-electron chi connectivity index (χ1n) is 9.41. The number of aromatic nitrogens is 4. The van der Waals surface area contributed by atoms with E-state index in [1.54, 1.807) is 37.7 Å². The van der Waals surface area contributed by atoms with Crippen LogP contribution in [0.15, 0.2) is 30.6 Å². The van der Waals surface area contributed by atoms with Crippen LogP contribution in [0.25, 0.3) is 11.2 Å². The van der Waals surface area contributed by atoms with Crippen molar-refractivity contribution in [2.75, 3.05) is 12.8 Å². The van der Waals surface area contributed by atoms with Gasteiger partial charge in [0.1, 0.15) is 17.0 Å². The second kappa shape index (κ2) is 7.80. The molecule has 1 fully saturated rings. The van der Waals surface area contributed by atoms with E-state index in [0.29, 0.717) is 22.7 Å². The van der Waals surface area contributed by atoms with Crippen LogP contribution in [-0.4, -0.2) is 32.6 Å². The Morgan fingerprint density at radius 2 is 2.00 bits per heavy atom. The molecule has 2 N–H and O–H groups in total. The van der Waals surface area contributed by atoms with Gasteiger partial charge in [0.25, 0.3) is 0 Å². The highest BCUT2D eigenvalue weighted by atomic mass is 16.5. The molecule has 2 heterocycles. The first kappa shape index (κ1) is 18.7. The van der Waals surface area contributed by atoms with E-state index >= 15 is 0 Å². The van der Waals surface area contributed by atoms with Crippen LogP contribution >= 0.6 is 0 Å². The Kier molecular flexibility index (Phi) is 5.04. The van der Waals surface area contributed by atoms with Gasteiger partial charge in [-0.1, -0.05) is 6.07 Å². The molecule has 0 unspecified atom stereocenters. The van der Waals surface area contributed by atoms with Crippen LogP contribution in [0.3, 0.4) is 0 Å². The van der Waals surface area contributed by atoms with Gasteiger partial charge in [-0.2, -0.15) is 0 Å². The first-order chi connectivity index (χ1) is 14.1. The average Bonchev–Trinajstić information content (AvgIpc) is 3.18. The maximum Gasteiger partial charge on any atom is 0.314 e. The number of nitrogen functional groups attached to an aromatic ring is 1. The highest BCUT2D eigenvalue weighted by Gasteiger charge is 2.29. The molecule has 0 spiro atoms. The van der Waals surface area contributed by atoms with Crippen LogP contribution in [0.2, 0.25) is 0 Å². The lowest BCUT2D eigenvalue weighted by molar-refractivity contribution is -0.140. The molecule has 148 valence electrons. The summed E-state index contributed by atoms with van der Waals surface area (Å²) in [4.78, 5) is 25.3. The number of anilines is 1. The zero-order valence-electron chi connectivity index (χ0n) is 16.0. The summed E-state index contributed by atoms with van der Waals surface area (Å²) in [7, 11) is 1.58. The van der Waals surface area contributed by atoms with Gasteiger partial charge in [0, 0.05) is 12.1 Å². The van der Waals surface area contributed by atoms with Crippen molar-refractivity contribution in [1.29, 1.82) is 0 Å². The van der Waals surface area contributed by atoms with Crippen molar-refractivity contribution < 1.29 is 14.3 Å². The molecular weight excluding hydrogens is 370 g/mol. The van der Waals surface area contributed by atoms with Gasteiger partial charge in [0.2, 0.25) is 5.82 Å². The van der Waals surface area contributed by atoms with Crippen molar-refractivity contribution in [3.63, 3.8) is 0 Å². The number of nitrogens with two attached hydrogens (primary N) is 1. The normalized spacial score (nSPS) is 18.9. The summed E-state index contributed by atoms with van der Waals surface area (Å²) in [5.41, 5.74) is 7.12. The number of hydrogen-bond acceptors (Lipinski definition) is 7. The second-order valence-electron chi connectivity index (χ2n) is 7.01. The van der Waals surface area contributed by atoms with E-state index in [4.69, 9.17) is 21.6 Å². The number of rotatable bonds is 4. The Balaban J connectivity index is 1.44. The van der Waals surface area contributed by atoms with Crippen molar-refractivity contribution >= 4 is 23.0 Å². The van der Waals surface area contributed by atoms with E-state index < -0.39 is 0 Å². The highest BCUT2D eigenvalue weighted by Crippen LogP contribution is 2.35. The Morgan fingerprint density at radius 1 is 1.24 bits per heavy atom. The minimum absolute atomic E-state index is 0.145. The number of nitrogens with zero attached hydrogens (tertiary/aromatic N) is 4. The van der Waals surface area contributed by atoms with Gasteiger partial charge in [0.15, 0.2) is 11.5 Å². The van der Waals surface area contributed by atoms with Crippen LogP contribution in [0.1, 0.15) is 37.5 Å². The van der Waals surface area contributed by atoms with E-state index in [0.717, 1.165) is 25.7 Å². The Hall–Kier alpha value is -3.60. The number of ether oxygens (including phenoxy) is 2. The Labute approximate surface area is 168 Å². The molecular formula is C21H21N5O3. The molecule has 3 aromatic rings. The quantitative estimate of drug-likeness (QED) is 0.414. The van der Waals surface area contributed by atoms with E-state index in [-0.39, 0.29) is 29.6 Å². The molecule has 0 radical (unpaired) electrons. The molecule has 1 aliphatic carbocycles. The van der Waals surface area contributed by atoms with Crippen molar-refractivity contribution in [2.24, 2.45) is 5.92 Å². The Bertz CT molecular complexity index is 1090. The Morgan fingerprint density at radius 3 is 2.72 bits per heavy atom. The first-order valence-corrected chi connectivity index (χ1v) is 9.41. The third-order valence-electron chi connectivity index (χ3n) is 5.26. The topological polar surface area (TPSA) is 105 Å². The molecule has 4 rings (SSSR count). The van der Waals surface area contributed by atoms with Crippen LogP contribution in [0.5, 0.6) is 11.5 Å². The summed E-state index contributed by atoms with van der Waals surface area (Å²) in [6.45, 7) is 0. The summed E-state index contributed by atoms with van der Waals surface area (Å²) in [5, 5.41) is 0. The number of carbonyl (C=O) groups is 1. The van der Waals surface area contributed by atoms with Crippen molar-refractivity contribution in [2.45, 2.75) is 31.7 Å². The number of hydrogen-bond donors (Lipinski definition) is 1. The molecule has 8 heteroatoms. The SMILES string of the molecule is C#Cc1nc(N)c2ncn([C@H]3CC[C@@H](C(=O)Oc4cccc(OC)c4)CC3)c2n1. The van der Waals surface area contributed by atoms with E-state index in [1.165, 1.54) is 0 Å². The van der Waals surface area contributed by atoms with Gasteiger partial charge in [-0.15, -0.1) is 6.42 Å². The molecule has 1 saturated carbocycles. The third kappa shape index (κ3) is 3.72. The fraction of sp³-hybridized carbons (Fsp3) is 0.333. The summed E-state index contributed by atoms with van der Waals surface area (Å²) in [6.07, 6.45) is 10.2. The molecule has 1 aromatic carbocycles. The van der Waals surface area contributed by atoms with Crippen molar-refractivity contribution in [1.82, 2.24) is 19.5 Å². The highest BCUT2D eigenvalue weighted by molar-refractivity contribution is 5.82. The fourth-order valence-corrected chi connectivity index (χ4v) is 3.72. The smallest absolute Gasteiger partial charge is 0.314 e. The molecule has 0 amide bonds. The summed E-state index contributed by atoms with van der Waals surface area (Å²) in [5.74, 6) is 3.72. The van der Waals surface area contributed by atoms with Gasteiger partial charge in [-0.05, 0) is 43.7 Å². The predicted molar refractivity (Wildman–Crippen MR) is 107 cm³/mol. The number of fused-ring (bicyclic) bond motifs is 1. The number of carbonyl (C=O) groups excluding carboxylic acids is 1. The van der Waals surface area contributed by atoms with E-state index in [1.807, 2.05) is 4.57 Å². The standard InChI is InChI=1S/C21H21N5O3/c1-3-17-24-19(22)18-20(25-17)26(12-23-18)14-9-7-13(8-10-14)21(27)29-16-6-4-5-15(11-16)28-2/h1,4-6,11-14H,7-10H2,2H3,(H2,22,24,25)/t13-,14+. The van der Waals surface area contributed by atoms with Crippen LogP contribution in [-0.2, 0) is 4.79 Å². The maximum atomic E-state index is 12.6. The number of methoxy groups -OCH3 is 1. The zero-order valence-corrected chi connectivity index (χ0v) is 16.0. The molecule has 0 atom stereocenters. The number of benzene rings is 1. The lowest BCUT2D eigenvalue weighted by Crippen LogP contribution is -2.26. The minimum Gasteiger partial charge on any atom is -0.497 e. The summed E-state index contributed by atoms with van der Waals surface area (Å²) >= 11 is 0. The maximum absolute atomic E-state index is 12.6. The van der Waals surface area contributed by atoms with E-state index in [9.17, 15) is 4.79 Å². The van der Waals surface area contributed by atoms with Gasteiger partial charge in [-0.25, -0.2) is 15.0 Å². The number of imidazole rings is 1.